The number of amides is 4. The number of carbonyl (C=O) groups excluding carboxylic acids is 3. The van der Waals surface area contributed by atoms with Gasteiger partial charge in [0.05, 0.1) is 19.5 Å². The zero-order chi connectivity index (χ0) is 15.9. The van der Waals surface area contributed by atoms with Gasteiger partial charge in [-0.2, -0.15) is 0 Å². The molecule has 0 unspecified atom stereocenters. The second-order valence-electron chi connectivity index (χ2n) is 5.51. The summed E-state index contributed by atoms with van der Waals surface area (Å²) >= 11 is 0. The molecule has 2 heterocycles. The van der Waals surface area contributed by atoms with E-state index in [4.69, 9.17) is 0 Å². The summed E-state index contributed by atoms with van der Waals surface area (Å²) in [4.78, 5) is 35.8. The van der Waals surface area contributed by atoms with Crippen LogP contribution in [0.15, 0.2) is 24.3 Å². The minimum absolute atomic E-state index is 0.0692. The molecule has 7 nitrogen and oxygen atoms in total. The molecule has 22 heavy (non-hydrogen) atoms. The number of β-amino-alcohol motifs (C(OH)–C–C–N with tert-alkyl or cyclic N) is 1. The van der Waals surface area contributed by atoms with Crippen molar-refractivity contribution in [2.75, 3.05) is 13.1 Å². The van der Waals surface area contributed by atoms with Crippen molar-refractivity contribution in [3.63, 3.8) is 0 Å². The normalized spacial score (nSPS) is 22.8. The lowest BCUT2D eigenvalue weighted by molar-refractivity contribution is -0.158. The maximum Gasteiger partial charge on any atom is 0.322 e. The third-order valence-corrected chi connectivity index (χ3v) is 3.88. The second-order valence-corrected chi connectivity index (χ2v) is 5.51. The van der Waals surface area contributed by atoms with E-state index in [0.29, 0.717) is 5.56 Å². The molecule has 0 aliphatic carbocycles. The Morgan fingerprint density at radius 3 is 2.50 bits per heavy atom. The molecule has 0 spiro atoms. The van der Waals surface area contributed by atoms with Crippen LogP contribution < -0.4 is 10.6 Å². The summed E-state index contributed by atoms with van der Waals surface area (Å²) < 4.78 is 12.9. The van der Waals surface area contributed by atoms with Crippen LogP contribution >= 0.6 is 0 Å². The molecule has 2 aliphatic rings. The van der Waals surface area contributed by atoms with Gasteiger partial charge in [-0.1, -0.05) is 12.1 Å². The van der Waals surface area contributed by atoms with Crippen LogP contribution in [0.4, 0.5) is 9.18 Å². The summed E-state index contributed by atoms with van der Waals surface area (Å²) in [6, 6.07) is 3.95. The molecule has 116 valence electrons. The Hall–Kier alpha value is -2.48. The lowest BCUT2D eigenvalue weighted by atomic mass is 9.85. The lowest BCUT2D eigenvalue weighted by Gasteiger charge is -2.47. The smallest absolute Gasteiger partial charge is 0.322 e. The SMILES string of the molecule is O=C1NC(=O)[C@H](CC(=O)N2CC(O)(c3ccc(F)cc3)C2)N1. The minimum atomic E-state index is -1.20. The van der Waals surface area contributed by atoms with Gasteiger partial charge < -0.3 is 15.3 Å². The Bertz CT molecular complexity index is 640. The quantitative estimate of drug-likeness (QED) is 0.653. The molecule has 2 aliphatic heterocycles. The molecular weight excluding hydrogens is 293 g/mol. The standard InChI is InChI=1S/C14H14FN3O4/c15-9-3-1-8(2-4-9)14(22)6-18(7-14)11(19)5-10-12(20)17-13(21)16-10/h1-4,10,22H,5-7H2,(H2,16,17,20,21)/t10-/m0/s1. The van der Waals surface area contributed by atoms with E-state index >= 15 is 0 Å². The molecule has 4 amide bonds. The van der Waals surface area contributed by atoms with Gasteiger partial charge >= 0.3 is 6.03 Å². The molecule has 3 N–H and O–H groups in total. The van der Waals surface area contributed by atoms with Crippen molar-refractivity contribution in [1.82, 2.24) is 15.5 Å². The predicted octanol–water partition coefficient (Wildman–Crippen LogP) is -0.546. The fraction of sp³-hybridized carbons (Fsp3) is 0.357. The zero-order valence-corrected chi connectivity index (χ0v) is 11.5. The largest absolute Gasteiger partial charge is 0.381 e. The monoisotopic (exact) mass is 307 g/mol. The number of benzene rings is 1. The van der Waals surface area contributed by atoms with E-state index in [-0.39, 0.29) is 25.4 Å². The number of hydrogen-bond donors (Lipinski definition) is 3. The summed E-state index contributed by atoms with van der Waals surface area (Å²) in [6.45, 7) is 0.138. The maximum absolute atomic E-state index is 12.9. The number of rotatable bonds is 3. The fourth-order valence-corrected chi connectivity index (χ4v) is 2.61. The molecule has 2 saturated heterocycles. The number of urea groups is 1. The van der Waals surface area contributed by atoms with Gasteiger partial charge in [0.2, 0.25) is 5.91 Å². The van der Waals surface area contributed by atoms with Crippen molar-refractivity contribution in [2.24, 2.45) is 0 Å². The molecule has 0 bridgehead atoms. The summed E-state index contributed by atoms with van der Waals surface area (Å²) in [5.41, 5.74) is -0.672. The van der Waals surface area contributed by atoms with Crippen molar-refractivity contribution in [3.05, 3.63) is 35.6 Å². The number of hydrogen-bond acceptors (Lipinski definition) is 4. The first kappa shape index (κ1) is 14.5. The van der Waals surface area contributed by atoms with Crippen molar-refractivity contribution >= 4 is 17.8 Å². The number of carbonyl (C=O) groups is 3. The predicted molar refractivity (Wildman–Crippen MR) is 72.0 cm³/mol. The van der Waals surface area contributed by atoms with Gasteiger partial charge in [0, 0.05) is 0 Å². The maximum atomic E-state index is 12.9. The van der Waals surface area contributed by atoms with Gasteiger partial charge in [-0.3, -0.25) is 14.9 Å². The van der Waals surface area contributed by atoms with Crippen LogP contribution in [0.1, 0.15) is 12.0 Å². The Morgan fingerprint density at radius 2 is 1.95 bits per heavy atom. The molecule has 8 heteroatoms. The number of halogens is 1. The van der Waals surface area contributed by atoms with Crippen molar-refractivity contribution in [1.29, 1.82) is 0 Å². The number of imide groups is 1. The first-order valence-electron chi connectivity index (χ1n) is 6.75. The van der Waals surface area contributed by atoms with Gasteiger partial charge in [0.25, 0.3) is 5.91 Å². The van der Waals surface area contributed by atoms with Crippen molar-refractivity contribution in [2.45, 2.75) is 18.1 Å². The number of nitrogens with zero attached hydrogens (tertiary/aromatic N) is 1. The topological polar surface area (TPSA) is 98.7 Å². The highest BCUT2D eigenvalue weighted by atomic mass is 19.1. The highest BCUT2D eigenvalue weighted by molar-refractivity contribution is 6.05. The van der Waals surface area contributed by atoms with Gasteiger partial charge in [-0.25, -0.2) is 9.18 Å². The van der Waals surface area contributed by atoms with E-state index < -0.39 is 29.4 Å². The summed E-state index contributed by atoms with van der Waals surface area (Å²) in [6.07, 6.45) is -0.156. The summed E-state index contributed by atoms with van der Waals surface area (Å²) in [5, 5.41) is 14.8. The summed E-state index contributed by atoms with van der Waals surface area (Å²) in [7, 11) is 0. The average molecular weight is 307 g/mol. The van der Waals surface area contributed by atoms with Crippen molar-refractivity contribution in [3.8, 4) is 0 Å². The van der Waals surface area contributed by atoms with E-state index in [2.05, 4.69) is 5.32 Å². The molecule has 2 fully saturated rings. The van der Waals surface area contributed by atoms with Crippen LogP contribution in [0.25, 0.3) is 0 Å². The second kappa shape index (κ2) is 5.06. The molecule has 1 atom stereocenters. The third-order valence-electron chi connectivity index (χ3n) is 3.88. The van der Waals surface area contributed by atoms with Crippen LogP contribution in [0.2, 0.25) is 0 Å². The van der Waals surface area contributed by atoms with E-state index in [9.17, 15) is 23.9 Å². The van der Waals surface area contributed by atoms with E-state index in [1.807, 2.05) is 5.32 Å². The molecule has 0 saturated carbocycles. The zero-order valence-electron chi connectivity index (χ0n) is 11.5. The van der Waals surface area contributed by atoms with Crippen LogP contribution in [0.3, 0.4) is 0 Å². The molecule has 0 aromatic heterocycles. The third kappa shape index (κ3) is 2.52. The fourth-order valence-electron chi connectivity index (χ4n) is 2.61. The highest BCUT2D eigenvalue weighted by Gasteiger charge is 2.46. The van der Waals surface area contributed by atoms with Crippen LogP contribution in [-0.4, -0.2) is 47.0 Å². The molecular formula is C14H14FN3O4. The number of aliphatic hydroxyl groups is 1. The minimum Gasteiger partial charge on any atom is -0.381 e. The van der Waals surface area contributed by atoms with Gasteiger partial charge in [-0.15, -0.1) is 0 Å². The average Bonchev–Trinajstić information content (AvgIpc) is 2.74. The van der Waals surface area contributed by atoms with E-state index in [0.717, 1.165) is 0 Å². The van der Waals surface area contributed by atoms with Gasteiger partial charge in [0.15, 0.2) is 0 Å². The van der Waals surface area contributed by atoms with Gasteiger partial charge in [-0.05, 0) is 17.7 Å². The van der Waals surface area contributed by atoms with Crippen LogP contribution in [-0.2, 0) is 15.2 Å². The van der Waals surface area contributed by atoms with Crippen molar-refractivity contribution < 1.29 is 23.9 Å². The molecule has 1 aromatic rings. The van der Waals surface area contributed by atoms with Gasteiger partial charge in [0.1, 0.15) is 17.5 Å². The molecule has 3 rings (SSSR count). The van der Waals surface area contributed by atoms with E-state index in [1.165, 1.54) is 29.2 Å². The van der Waals surface area contributed by atoms with E-state index in [1.54, 1.807) is 0 Å². The Morgan fingerprint density at radius 1 is 1.32 bits per heavy atom. The molecule has 1 aromatic carbocycles. The molecule has 0 radical (unpaired) electrons. The summed E-state index contributed by atoms with van der Waals surface area (Å²) in [5.74, 6) is -1.27. The first-order valence-corrected chi connectivity index (χ1v) is 6.75. The van der Waals surface area contributed by atoms with Crippen LogP contribution in [0.5, 0.6) is 0 Å². The number of nitrogens with one attached hydrogen (secondary N) is 2. The lowest BCUT2D eigenvalue weighted by Crippen LogP contribution is -2.61. The van der Waals surface area contributed by atoms with Crippen LogP contribution in [0, 0.1) is 5.82 Å². The Kier molecular flexibility index (Phi) is 3.32. The first-order chi connectivity index (χ1) is 10.4. The number of likely N-dealkylation sites (tertiary alicyclic amines) is 1. The Labute approximate surface area is 125 Å². The highest BCUT2D eigenvalue weighted by Crippen LogP contribution is 2.32. The Balaban J connectivity index is 1.58.